The van der Waals surface area contributed by atoms with Crippen molar-refractivity contribution in [1.82, 2.24) is 14.3 Å². The van der Waals surface area contributed by atoms with Crippen LogP contribution in [0.15, 0.2) is 64.1 Å². The van der Waals surface area contributed by atoms with Crippen molar-refractivity contribution in [2.75, 3.05) is 19.0 Å². The van der Waals surface area contributed by atoms with Gasteiger partial charge in [0.1, 0.15) is 22.7 Å². The number of hydrogen-bond donors (Lipinski definition) is 2. The highest BCUT2D eigenvalue weighted by Gasteiger charge is 2.30. The molecule has 11 nitrogen and oxygen atoms in total. The number of sulfonamides is 1. The number of benzene rings is 1. The molecule has 0 spiro atoms. The van der Waals surface area contributed by atoms with E-state index in [0.29, 0.717) is 45.0 Å². The van der Waals surface area contributed by atoms with Gasteiger partial charge in [-0.05, 0) is 48.2 Å². The Morgan fingerprint density at radius 3 is 2.56 bits per heavy atom. The molecular weight excluding hydrogens is 568 g/mol. The molecule has 0 radical (unpaired) electrons. The van der Waals surface area contributed by atoms with Crippen LogP contribution in [-0.2, 0) is 26.2 Å². The van der Waals surface area contributed by atoms with Gasteiger partial charge in [0.15, 0.2) is 5.13 Å². The Morgan fingerprint density at radius 1 is 1.15 bits per heavy atom. The normalized spacial score (nSPS) is 14.9. The molecule has 2 N–H and O–H groups in total. The summed E-state index contributed by atoms with van der Waals surface area (Å²) < 4.78 is 38.0. The van der Waals surface area contributed by atoms with E-state index in [1.807, 2.05) is 0 Å². The number of rotatable bonds is 12. The first-order chi connectivity index (χ1) is 19.7. The molecule has 1 fully saturated rings. The monoisotopic (exact) mass is 598 g/mol. The van der Waals surface area contributed by atoms with Gasteiger partial charge in [-0.15, -0.1) is 0 Å². The van der Waals surface area contributed by atoms with Crippen LogP contribution < -0.4 is 10.1 Å². The number of furan rings is 1. The van der Waals surface area contributed by atoms with Gasteiger partial charge in [-0.25, -0.2) is 18.4 Å². The van der Waals surface area contributed by atoms with Gasteiger partial charge in [0.25, 0.3) is 0 Å². The number of anilines is 1. The number of nitrogens with zero attached hydrogens (tertiary/aromatic N) is 3. The average molecular weight is 599 g/mol. The Bertz CT molecular complexity index is 1610. The van der Waals surface area contributed by atoms with Crippen LogP contribution in [-0.4, -0.2) is 53.3 Å². The van der Waals surface area contributed by atoms with Crippen molar-refractivity contribution in [2.24, 2.45) is 5.92 Å². The van der Waals surface area contributed by atoms with Crippen LogP contribution in [0.4, 0.5) is 5.13 Å². The summed E-state index contributed by atoms with van der Waals surface area (Å²) in [5, 5.41) is 12.7. The van der Waals surface area contributed by atoms with E-state index in [-0.39, 0.29) is 17.3 Å². The number of thiazole rings is 1. The van der Waals surface area contributed by atoms with Gasteiger partial charge in [0.2, 0.25) is 21.8 Å². The fraction of sp³-hybridized carbons (Fsp3) is 0.357. The van der Waals surface area contributed by atoms with E-state index in [4.69, 9.17) is 9.15 Å². The molecule has 13 heteroatoms. The van der Waals surface area contributed by atoms with Crippen LogP contribution in [0.3, 0.4) is 0 Å². The number of fused-ring (bicyclic) bond motifs is 1. The van der Waals surface area contributed by atoms with Crippen LogP contribution in [0, 0.1) is 5.92 Å². The number of aromatic nitrogens is 2. The summed E-state index contributed by atoms with van der Waals surface area (Å²) in [4.78, 5) is 34.5. The second-order valence-corrected chi connectivity index (χ2v) is 12.9. The van der Waals surface area contributed by atoms with E-state index < -0.39 is 28.5 Å². The highest BCUT2D eigenvalue weighted by molar-refractivity contribution is 7.89. The van der Waals surface area contributed by atoms with E-state index in [0.717, 1.165) is 30.0 Å². The summed E-state index contributed by atoms with van der Waals surface area (Å²) in [6.07, 6.45) is 6.34. The highest BCUT2D eigenvalue weighted by atomic mass is 32.2. The minimum Gasteiger partial charge on any atom is -0.481 e. The van der Waals surface area contributed by atoms with Crippen molar-refractivity contribution < 1.29 is 32.3 Å². The van der Waals surface area contributed by atoms with E-state index in [9.17, 15) is 23.1 Å². The topological polar surface area (TPSA) is 152 Å². The molecule has 3 aromatic heterocycles. The molecule has 1 unspecified atom stereocenters. The molecule has 1 saturated carbocycles. The first-order valence-electron chi connectivity index (χ1n) is 13.2. The predicted octanol–water partition coefficient (Wildman–Crippen LogP) is 4.87. The van der Waals surface area contributed by atoms with Gasteiger partial charge < -0.3 is 19.6 Å². The largest absolute Gasteiger partial charge is 0.481 e. The van der Waals surface area contributed by atoms with E-state index in [2.05, 4.69) is 15.3 Å². The van der Waals surface area contributed by atoms with Crippen LogP contribution in [0.5, 0.6) is 5.88 Å². The summed E-state index contributed by atoms with van der Waals surface area (Å²) in [6.45, 7) is -0.945. The molecule has 0 aliphatic heterocycles. The van der Waals surface area contributed by atoms with E-state index >= 15 is 0 Å². The minimum atomic E-state index is -4.16. The van der Waals surface area contributed by atoms with Crippen LogP contribution in [0.25, 0.3) is 10.3 Å². The Labute approximate surface area is 241 Å². The van der Waals surface area contributed by atoms with Crippen molar-refractivity contribution >= 4 is 48.7 Å². The zero-order chi connectivity index (χ0) is 29.0. The van der Waals surface area contributed by atoms with Gasteiger partial charge in [0, 0.05) is 6.07 Å². The zero-order valence-electron chi connectivity index (χ0n) is 22.4. The highest BCUT2D eigenvalue weighted by Crippen LogP contribution is 2.36. The summed E-state index contributed by atoms with van der Waals surface area (Å²) >= 11 is 1.25. The molecule has 1 atom stereocenters. The van der Waals surface area contributed by atoms with Gasteiger partial charge in [-0.1, -0.05) is 49.2 Å². The number of carbonyl (C=O) groups excluding carboxylic acids is 1. The summed E-state index contributed by atoms with van der Waals surface area (Å²) in [5.41, 5.74) is 1.32. The average Bonchev–Trinajstić information content (AvgIpc) is 3.73. The third-order valence-electron chi connectivity index (χ3n) is 7.17. The summed E-state index contributed by atoms with van der Waals surface area (Å²) in [5.74, 6) is -0.878. The van der Waals surface area contributed by atoms with Gasteiger partial charge in [0.05, 0.1) is 30.7 Å². The molecule has 1 amide bonds. The lowest BCUT2D eigenvalue weighted by Gasteiger charge is -2.22. The molecule has 4 aromatic rings. The third-order valence-corrected chi connectivity index (χ3v) is 9.86. The maximum Gasteiger partial charge on any atom is 0.318 e. The standard InChI is InChI=1S/C28H30N4O7S2/c1-38-24-13-12-23-27(30-24)40-28(29-23)31-26(35)22(15-18-5-2-3-6-18)19-8-10-21(11-9-19)41(36,37)32(17-25(33)34)16-20-7-4-14-39-20/h4,7-14,18,22H,2-3,5-6,15-17H2,1H3,(H,33,34)(H,29,31,35). The Morgan fingerprint density at radius 2 is 1.90 bits per heavy atom. The number of carboxylic acids is 1. The quantitative estimate of drug-likeness (QED) is 0.233. The lowest BCUT2D eigenvalue weighted by Crippen LogP contribution is -2.35. The number of carboxylic acid groups (broad SMARTS) is 1. The molecular formula is C28H30N4O7S2. The number of hydrogen-bond acceptors (Lipinski definition) is 9. The number of carbonyl (C=O) groups is 2. The van der Waals surface area contributed by atoms with Crippen LogP contribution in [0.2, 0.25) is 0 Å². The Balaban J connectivity index is 1.39. The number of nitrogens with one attached hydrogen (secondary N) is 1. The summed E-state index contributed by atoms with van der Waals surface area (Å²) in [6, 6.07) is 12.8. The molecule has 1 aromatic carbocycles. The lowest BCUT2D eigenvalue weighted by atomic mass is 9.87. The zero-order valence-corrected chi connectivity index (χ0v) is 24.0. The third kappa shape index (κ3) is 6.75. The number of pyridine rings is 1. The first-order valence-corrected chi connectivity index (χ1v) is 15.5. The molecule has 0 saturated heterocycles. The maximum atomic E-state index is 13.6. The molecule has 1 aliphatic rings. The molecule has 1 aliphatic carbocycles. The number of ether oxygens (including phenoxy) is 1. The molecule has 5 rings (SSSR count). The van der Waals surface area contributed by atoms with Crippen molar-refractivity contribution in [3.63, 3.8) is 0 Å². The van der Waals surface area contributed by atoms with Crippen molar-refractivity contribution in [3.8, 4) is 5.88 Å². The van der Waals surface area contributed by atoms with Crippen molar-refractivity contribution in [1.29, 1.82) is 0 Å². The van der Waals surface area contributed by atoms with E-state index in [1.54, 1.807) is 36.4 Å². The fourth-order valence-electron chi connectivity index (χ4n) is 5.11. The van der Waals surface area contributed by atoms with Gasteiger partial charge in [-0.2, -0.15) is 4.31 Å². The van der Waals surface area contributed by atoms with Gasteiger partial charge in [-0.3, -0.25) is 9.59 Å². The Hall–Kier alpha value is -3.81. The number of aliphatic carboxylic acids is 1. The fourth-order valence-corrected chi connectivity index (χ4v) is 7.30. The molecule has 216 valence electrons. The van der Waals surface area contributed by atoms with E-state index in [1.165, 1.54) is 36.8 Å². The summed E-state index contributed by atoms with van der Waals surface area (Å²) in [7, 11) is -2.63. The SMILES string of the molecule is COc1ccc2nc(NC(=O)C(CC3CCCC3)c3ccc(S(=O)(=O)N(CC(=O)O)Cc4ccco4)cc3)sc2n1. The Kier molecular flexibility index (Phi) is 8.66. The lowest BCUT2D eigenvalue weighted by molar-refractivity contribution is -0.137. The number of methoxy groups -OCH3 is 1. The van der Waals surface area contributed by atoms with Crippen LogP contribution >= 0.6 is 11.3 Å². The first kappa shape index (κ1) is 28.7. The smallest absolute Gasteiger partial charge is 0.318 e. The molecule has 0 bridgehead atoms. The second-order valence-electron chi connectivity index (χ2n) is 9.94. The minimum absolute atomic E-state index is 0.0692. The van der Waals surface area contributed by atoms with Crippen molar-refractivity contribution in [2.45, 2.75) is 49.5 Å². The maximum absolute atomic E-state index is 13.6. The van der Waals surface area contributed by atoms with Crippen molar-refractivity contribution in [3.05, 3.63) is 66.1 Å². The van der Waals surface area contributed by atoms with Crippen LogP contribution in [0.1, 0.15) is 49.3 Å². The molecule has 3 heterocycles. The molecule has 41 heavy (non-hydrogen) atoms. The van der Waals surface area contributed by atoms with Gasteiger partial charge >= 0.3 is 5.97 Å². The number of amides is 1. The second kappa shape index (κ2) is 12.4. The predicted molar refractivity (Wildman–Crippen MR) is 152 cm³/mol.